The van der Waals surface area contributed by atoms with Crippen molar-refractivity contribution in [2.75, 3.05) is 25.1 Å². The van der Waals surface area contributed by atoms with Crippen molar-refractivity contribution < 1.29 is 9.13 Å². The minimum absolute atomic E-state index is 0.0220. The molecule has 0 spiro atoms. The van der Waals surface area contributed by atoms with Gasteiger partial charge in [0.2, 0.25) is 11.2 Å². The van der Waals surface area contributed by atoms with E-state index >= 15 is 0 Å². The average Bonchev–Trinajstić information content (AvgIpc) is 2.51. The van der Waals surface area contributed by atoms with Crippen molar-refractivity contribution >= 4 is 39.9 Å². The smallest absolute Gasteiger partial charge is 0.228 e. The van der Waals surface area contributed by atoms with Crippen molar-refractivity contribution in [3.63, 3.8) is 0 Å². The zero-order valence-electron chi connectivity index (χ0n) is 11.4. The van der Waals surface area contributed by atoms with Gasteiger partial charge < -0.3 is 9.64 Å². The summed E-state index contributed by atoms with van der Waals surface area (Å²) in [7, 11) is 1.45. The Kier molecular flexibility index (Phi) is 3.99. The van der Waals surface area contributed by atoms with E-state index in [0.29, 0.717) is 11.2 Å². The third kappa shape index (κ3) is 2.58. The van der Waals surface area contributed by atoms with Crippen molar-refractivity contribution in [3.8, 4) is 5.88 Å². The van der Waals surface area contributed by atoms with Gasteiger partial charge in [-0.15, -0.1) is 0 Å². The molecule has 5 nitrogen and oxygen atoms in total. The van der Waals surface area contributed by atoms with Gasteiger partial charge in [-0.25, -0.2) is 9.37 Å². The van der Waals surface area contributed by atoms with E-state index in [1.165, 1.54) is 13.5 Å². The number of aromatic nitrogens is 3. The summed E-state index contributed by atoms with van der Waals surface area (Å²) in [5, 5.41) is 0.0932. The first kappa shape index (κ1) is 14.5. The summed E-state index contributed by atoms with van der Waals surface area (Å²) in [4.78, 5) is 14.2. The van der Waals surface area contributed by atoms with Crippen LogP contribution in [0.4, 0.5) is 10.2 Å². The number of hydrogen-bond acceptors (Lipinski definition) is 5. The number of piperidine rings is 1. The second kappa shape index (κ2) is 5.77. The Labute approximate surface area is 131 Å². The minimum atomic E-state index is -0.713. The Morgan fingerprint density at radius 2 is 1.81 bits per heavy atom. The molecule has 1 aliphatic heterocycles. The van der Waals surface area contributed by atoms with Crippen molar-refractivity contribution in [3.05, 3.63) is 16.3 Å². The van der Waals surface area contributed by atoms with Gasteiger partial charge in [-0.1, -0.05) is 11.6 Å². The standard InChI is InChI=1S/C13H13Cl2FN4O/c1-21-12-7-9(8(16)10(14)18-12)17-13(15)19-11(7)20-5-3-2-4-6-20/h2-6H2,1H3. The first-order chi connectivity index (χ1) is 10.1. The predicted octanol–water partition coefficient (Wildman–Crippen LogP) is 3.47. The summed E-state index contributed by atoms with van der Waals surface area (Å²) in [5.41, 5.74) is 0.0347. The highest BCUT2D eigenvalue weighted by Gasteiger charge is 2.24. The van der Waals surface area contributed by atoms with E-state index in [2.05, 4.69) is 19.9 Å². The van der Waals surface area contributed by atoms with Gasteiger partial charge >= 0.3 is 0 Å². The summed E-state index contributed by atoms with van der Waals surface area (Å²) in [5.74, 6) is 0.0354. The van der Waals surface area contributed by atoms with Crippen LogP contribution in [0.5, 0.6) is 5.88 Å². The van der Waals surface area contributed by atoms with E-state index in [-0.39, 0.29) is 21.8 Å². The second-order valence-electron chi connectivity index (χ2n) is 4.81. The van der Waals surface area contributed by atoms with Crippen LogP contribution in [0.1, 0.15) is 19.3 Å². The lowest BCUT2D eigenvalue weighted by Crippen LogP contribution is -2.30. The number of fused-ring (bicyclic) bond motifs is 1. The molecule has 21 heavy (non-hydrogen) atoms. The van der Waals surface area contributed by atoms with Crippen LogP contribution in [-0.2, 0) is 0 Å². The Morgan fingerprint density at radius 3 is 2.48 bits per heavy atom. The van der Waals surface area contributed by atoms with Crippen LogP contribution in [0.15, 0.2) is 0 Å². The van der Waals surface area contributed by atoms with Crippen LogP contribution in [0.3, 0.4) is 0 Å². The monoisotopic (exact) mass is 330 g/mol. The lowest BCUT2D eigenvalue weighted by atomic mass is 10.1. The third-order valence-corrected chi connectivity index (χ3v) is 3.93. The molecule has 2 aromatic heterocycles. The largest absolute Gasteiger partial charge is 0.480 e. The molecule has 0 amide bonds. The molecular weight excluding hydrogens is 318 g/mol. The van der Waals surface area contributed by atoms with E-state index in [9.17, 15) is 4.39 Å². The molecule has 1 fully saturated rings. The first-order valence-electron chi connectivity index (χ1n) is 6.63. The minimum Gasteiger partial charge on any atom is -0.480 e. The van der Waals surface area contributed by atoms with E-state index in [1.807, 2.05) is 0 Å². The van der Waals surface area contributed by atoms with Crippen LogP contribution in [0.2, 0.25) is 10.4 Å². The molecule has 2 aromatic rings. The maximum atomic E-state index is 14.2. The molecule has 112 valence electrons. The van der Waals surface area contributed by atoms with Crippen LogP contribution in [-0.4, -0.2) is 35.2 Å². The number of ether oxygens (including phenoxy) is 1. The predicted molar refractivity (Wildman–Crippen MR) is 79.9 cm³/mol. The van der Waals surface area contributed by atoms with Gasteiger partial charge in [-0.2, -0.15) is 9.97 Å². The lowest BCUT2D eigenvalue weighted by Gasteiger charge is -2.28. The molecule has 0 N–H and O–H groups in total. The molecule has 0 bridgehead atoms. The molecule has 1 saturated heterocycles. The highest BCUT2D eigenvalue weighted by molar-refractivity contribution is 6.31. The molecule has 0 radical (unpaired) electrons. The highest BCUT2D eigenvalue weighted by atomic mass is 35.5. The number of anilines is 1. The fourth-order valence-electron chi connectivity index (χ4n) is 2.55. The molecule has 1 aliphatic rings. The summed E-state index contributed by atoms with van der Waals surface area (Å²) in [6.07, 6.45) is 3.27. The van der Waals surface area contributed by atoms with Gasteiger partial charge in [0.1, 0.15) is 16.7 Å². The second-order valence-corrected chi connectivity index (χ2v) is 5.51. The highest BCUT2D eigenvalue weighted by Crippen LogP contribution is 2.36. The quantitative estimate of drug-likeness (QED) is 0.623. The van der Waals surface area contributed by atoms with Gasteiger partial charge in [-0.05, 0) is 30.9 Å². The Balaban J connectivity index is 2.29. The zero-order chi connectivity index (χ0) is 15.0. The average molecular weight is 331 g/mol. The number of rotatable bonds is 2. The van der Waals surface area contributed by atoms with Crippen molar-refractivity contribution in [1.29, 1.82) is 0 Å². The topological polar surface area (TPSA) is 51.1 Å². The normalized spacial score (nSPS) is 15.5. The van der Waals surface area contributed by atoms with Crippen molar-refractivity contribution in [2.45, 2.75) is 19.3 Å². The summed E-state index contributed by atoms with van der Waals surface area (Å²) in [6.45, 7) is 1.66. The summed E-state index contributed by atoms with van der Waals surface area (Å²) in [6, 6.07) is 0. The molecule has 0 atom stereocenters. The van der Waals surface area contributed by atoms with Gasteiger partial charge in [0.15, 0.2) is 11.0 Å². The fourth-order valence-corrected chi connectivity index (χ4v) is 2.88. The Hall–Kier alpha value is -1.40. The first-order valence-corrected chi connectivity index (χ1v) is 7.38. The maximum absolute atomic E-state index is 14.2. The molecule has 3 heterocycles. The third-order valence-electron chi connectivity index (χ3n) is 3.51. The van der Waals surface area contributed by atoms with Gasteiger partial charge in [0, 0.05) is 13.1 Å². The van der Waals surface area contributed by atoms with Crippen LogP contribution in [0, 0.1) is 5.82 Å². The van der Waals surface area contributed by atoms with E-state index in [0.717, 1.165) is 25.9 Å². The van der Waals surface area contributed by atoms with Gasteiger partial charge in [0.25, 0.3) is 0 Å². The summed E-state index contributed by atoms with van der Waals surface area (Å²) >= 11 is 11.7. The molecule has 3 rings (SSSR count). The molecule has 0 aliphatic carbocycles. The van der Waals surface area contributed by atoms with E-state index in [4.69, 9.17) is 27.9 Å². The number of hydrogen-bond donors (Lipinski definition) is 0. The van der Waals surface area contributed by atoms with E-state index in [1.54, 1.807) is 0 Å². The molecule has 0 aromatic carbocycles. The Bertz CT molecular complexity index is 692. The zero-order valence-corrected chi connectivity index (χ0v) is 12.9. The van der Waals surface area contributed by atoms with Crippen LogP contribution < -0.4 is 9.64 Å². The number of nitrogens with zero attached hydrogens (tertiary/aromatic N) is 4. The number of halogens is 3. The lowest BCUT2D eigenvalue weighted by molar-refractivity contribution is 0.401. The molecule has 8 heteroatoms. The molecule has 0 unspecified atom stereocenters. The van der Waals surface area contributed by atoms with Crippen molar-refractivity contribution in [2.24, 2.45) is 0 Å². The number of methoxy groups -OCH3 is 1. The SMILES string of the molecule is COc1nc(Cl)c(F)c2nc(Cl)nc(N3CCCCC3)c12. The fraction of sp³-hybridized carbons (Fsp3) is 0.462. The van der Waals surface area contributed by atoms with E-state index < -0.39 is 5.82 Å². The van der Waals surface area contributed by atoms with Crippen molar-refractivity contribution in [1.82, 2.24) is 15.0 Å². The van der Waals surface area contributed by atoms with Crippen LogP contribution >= 0.6 is 23.2 Å². The summed E-state index contributed by atoms with van der Waals surface area (Å²) < 4.78 is 19.4. The maximum Gasteiger partial charge on any atom is 0.228 e. The number of pyridine rings is 1. The van der Waals surface area contributed by atoms with Gasteiger partial charge in [0.05, 0.1) is 7.11 Å². The Morgan fingerprint density at radius 1 is 1.10 bits per heavy atom. The van der Waals surface area contributed by atoms with Gasteiger partial charge in [-0.3, -0.25) is 0 Å². The van der Waals surface area contributed by atoms with Crippen LogP contribution in [0.25, 0.3) is 10.9 Å². The molecular formula is C13H13Cl2FN4O. The molecule has 0 saturated carbocycles.